The molecular weight excluding hydrogens is 913 g/mol. The Labute approximate surface area is 482 Å². The van der Waals surface area contributed by atoms with Crippen molar-refractivity contribution in [3.05, 3.63) is 177 Å². The molecule has 4 aliphatic carbocycles. The van der Waals surface area contributed by atoms with E-state index < -0.39 is 19.1 Å². The first-order chi connectivity index (χ1) is 38.7. The molecule has 418 valence electrons. The molecule has 5 aromatic rings. The maximum absolute atomic E-state index is 8.59. The number of hydrogen-bond donors (Lipinski definition) is 0. The maximum atomic E-state index is 8.59. The van der Waals surface area contributed by atoms with Gasteiger partial charge in [-0.25, -0.2) is 0 Å². The maximum Gasteiger partial charge on any atom is 0.0352 e. The van der Waals surface area contributed by atoms with Crippen LogP contribution in [0.2, 0.25) is 0 Å². The van der Waals surface area contributed by atoms with Gasteiger partial charge in [-0.2, -0.15) is 0 Å². The lowest BCUT2D eigenvalue weighted by Gasteiger charge is -2.24. The fourth-order valence-corrected chi connectivity index (χ4v) is 11.3. The van der Waals surface area contributed by atoms with Gasteiger partial charge in [-0.3, -0.25) is 0 Å². The highest BCUT2D eigenvalue weighted by atomic mass is 14.3. The molecule has 0 radical (unpaired) electrons. The van der Waals surface area contributed by atoms with Crippen LogP contribution in [0.3, 0.4) is 0 Å². The minimum Gasteiger partial charge on any atom is -0.0648 e. The van der Waals surface area contributed by atoms with E-state index in [1.54, 1.807) is 35.4 Å². The van der Waals surface area contributed by atoms with E-state index in [2.05, 4.69) is 180 Å². The highest BCUT2D eigenvalue weighted by Gasteiger charge is 2.22. The Morgan fingerprint density at radius 2 is 0.579 bits per heavy atom. The first-order valence-electron chi connectivity index (χ1n) is 34.2. The highest BCUT2D eigenvalue weighted by molar-refractivity contribution is 5.34. The lowest BCUT2D eigenvalue weighted by molar-refractivity contribution is 0.443. The van der Waals surface area contributed by atoms with Crippen LogP contribution in [0.1, 0.15) is 336 Å². The minimum absolute atomic E-state index is 0.0750. The molecule has 0 N–H and O–H groups in total. The van der Waals surface area contributed by atoms with E-state index in [-0.39, 0.29) is 44.4 Å². The molecule has 0 amide bonds. The Kier molecular flexibility index (Phi) is 19.5. The van der Waals surface area contributed by atoms with Crippen LogP contribution in [0.5, 0.6) is 0 Å². The SMILES string of the molecule is CC(C)(C)c1ccc(C2CCCC2)cc1.CC(C)(C)c1ccc(C2CCCCC2)cc1.[2H]C([2H])([2H])C([2H])(c1ccc(C(C)(C)C)cc1)C([2H])([2H])C.[2H]C1(c2ccc(C(C)(C)C)cc2)CCCC1.[2H]C1(c2ccc(C(C)(C)C)cc2)CCCCC1. The summed E-state index contributed by atoms with van der Waals surface area (Å²) in [4.78, 5) is 0. The molecule has 4 aliphatic rings. The summed E-state index contributed by atoms with van der Waals surface area (Å²) in [6, 6.07) is 42.8. The molecular formula is C76H114. The second-order valence-electron chi connectivity index (χ2n) is 28.1. The van der Waals surface area contributed by atoms with Crippen molar-refractivity contribution in [3.8, 4) is 0 Å². The van der Waals surface area contributed by atoms with Crippen LogP contribution in [0.25, 0.3) is 0 Å². The van der Waals surface area contributed by atoms with E-state index in [0.29, 0.717) is 0 Å². The normalized spacial score (nSPS) is 20.8. The number of benzene rings is 5. The average Bonchev–Trinajstić information content (AvgIpc) is 4.29. The summed E-state index contributed by atoms with van der Waals surface area (Å²) in [7, 11) is 0. The Balaban J connectivity index is 0.000000193. The van der Waals surface area contributed by atoms with E-state index in [1.807, 2.05) is 20.8 Å². The molecule has 1 atom stereocenters. The molecule has 0 heteroatoms. The third kappa shape index (κ3) is 20.4. The second-order valence-corrected chi connectivity index (χ2v) is 28.1. The van der Waals surface area contributed by atoms with Crippen molar-refractivity contribution < 1.29 is 11.0 Å². The summed E-state index contributed by atoms with van der Waals surface area (Å²) in [5.41, 5.74) is 13.3. The monoisotopic (exact) mass is 1030 g/mol. The molecule has 1 unspecified atom stereocenters. The topological polar surface area (TPSA) is 0 Å². The minimum atomic E-state index is -2.74. The van der Waals surface area contributed by atoms with E-state index in [0.717, 1.165) is 50.0 Å². The predicted octanol–water partition coefficient (Wildman–Crippen LogP) is 23.8. The van der Waals surface area contributed by atoms with Gasteiger partial charge in [0.25, 0.3) is 0 Å². The van der Waals surface area contributed by atoms with Crippen molar-refractivity contribution in [2.24, 2.45) is 0 Å². The van der Waals surface area contributed by atoms with Crippen molar-refractivity contribution in [1.29, 1.82) is 0 Å². The Morgan fingerprint density at radius 3 is 0.829 bits per heavy atom. The molecule has 76 heavy (non-hydrogen) atoms. The van der Waals surface area contributed by atoms with Crippen molar-refractivity contribution in [1.82, 2.24) is 0 Å². The van der Waals surface area contributed by atoms with Crippen LogP contribution in [0.15, 0.2) is 121 Å². The van der Waals surface area contributed by atoms with Gasteiger partial charge < -0.3 is 0 Å². The summed E-state index contributed by atoms with van der Waals surface area (Å²) in [6.45, 7) is 31.6. The van der Waals surface area contributed by atoms with Gasteiger partial charge in [0.15, 0.2) is 0 Å². The van der Waals surface area contributed by atoms with Gasteiger partial charge in [0.1, 0.15) is 0 Å². The summed E-state index contributed by atoms with van der Waals surface area (Å²) in [6.07, 6.45) is 20.8. The van der Waals surface area contributed by atoms with Gasteiger partial charge >= 0.3 is 0 Å². The largest absolute Gasteiger partial charge is 0.0648 e. The zero-order chi connectivity index (χ0) is 62.8. The first-order valence-corrected chi connectivity index (χ1v) is 30.2. The molecule has 0 saturated heterocycles. The summed E-state index contributed by atoms with van der Waals surface area (Å²) >= 11 is 0. The molecule has 0 aliphatic heterocycles. The Hall–Kier alpha value is -3.90. The van der Waals surface area contributed by atoms with Crippen LogP contribution in [0, 0.1) is 0 Å². The van der Waals surface area contributed by atoms with Gasteiger partial charge in [-0.15, -0.1) is 0 Å². The fourth-order valence-electron chi connectivity index (χ4n) is 11.3. The van der Waals surface area contributed by atoms with Crippen LogP contribution < -0.4 is 0 Å². The smallest absolute Gasteiger partial charge is 0.0352 e. The van der Waals surface area contributed by atoms with Crippen molar-refractivity contribution >= 4 is 0 Å². The fraction of sp³-hybridized carbons (Fsp3) is 0.605. The van der Waals surface area contributed by atoms with E-state index in [9.17, 15) is 0 Å². The molecule has 0 nitrogen and oxygen atoms in total. The third-order valence-electron chi connectivity index (χ3n) is 16.7. The lowest BCUT2D eigenvalue weighted by atomic mass is 9.81. The zero-order valence-electron chi connectivity index (χ0n) is 59.4. The molecule has 0 bridgehead atoms. The molecule has 0 spiro atoms. The standard InChI is InChI=1S/2C16H24.2C15H22.C14H22/c2*1-16(2,3)15-11-9-14(10-12-15)13-7-5-4-6-8-13;2*1-15(2,3)14-10-8-13(9-11-14)12-6-4-5-7-12;1-6-11(2)12-7-9-13(10-8-12)14(3,4)5/h2*9-13H,4-8H2,1-3H3;2*8-12H,4-7H2,1-3H3;7-11H,6H2,1-5H3/i13D;;12D;;2D3,6D2,11D. The quantitative estimate of drug-likeness (QED) is 0.159. The van der Waals surface area contributed by atoms with E-state index in [4.69, 9.17) is 11.0 Å². The average molecular weight is 1040 g/mol. The highest BCUT2D eigenvalue weighted by Crippen LogP contribution is 2.38. The van der Waals surface area contributed by atoms with Gasteiger partial charge in [-0.05, 0) is 170 Å². The van der Waals surface area contributed by atoms with Gasteiger partial charge in [0.05, 0.1) is 0 Å². The van der Waals surface area contributed by atoms with E-state index in [1.165, 1.54) is 123 Å². The van der Waals surface area contributed by atoms with Crippen molar-refractivity contribution in [3.63, 3.8) is 0 Å². The first kappa shape index (κ1) is 51.5. The number of rotatable bonds is 6. The van der Waals surface area contributed by atoms with Crippen LogP contribution >= 0.6 is 0 Å². The molecule has 4 fully saturated rings. The van der Waals surface area contributed by atoms with Gasteiger partial charge in [0, 0.05) is 11.0 Å². The molecule has 9 rings (SSSR count). The zero-order valence-corrected chi connectivity index (χ0v) is 51.4. The van der Waals surface area contributed by atoms with Crippen molar-refractivity contribution in [2.45, 2.75) is 296 Å². The Morgan fingerprint density at radius 1 is 0.355 bits per heavy atom. The van der Waals surface area contributed by atoms with Crippen LogP contribution in [-0.2, 0) is 27.1 Å². The molecule has 4 saturated carbocycles. The summed E-state index contributed by atoms with van der Waals surface area (Å²) < 4.78 is 63.5. The van der Waals surface area contributed by atoms with Crippen LogP contribution in [0.4, 0.5) is 0 Å². The van der Waals surface area contributed by atoms with Crippen LogP contribution in [-0.4, -0.2) is 0 Å². The van der Waals surface area contributed by atoms with Gasteiger partial charge in [-0.1, -0.05) is 303 Å². The Bertz CT molecular complexity index is 2690. The number of hydrogen-bond acceptors (Lipinski definition) is 0. The third-order valence-corrected chi connectivity index (χ3v) is 16.7. The predicted molar refractivity (Wildman–Crippen MR) is 338 cm³/mol. The second kappa shape index (κ2) is 28.8. The molecule has 0 aromatic heterocycles. The lowest BCUT2D eigenvalue weighted by Crippen LogP contribution is -2.11. The summed E-state index contributed by atoms with van der Waals surface area (Å²) in [5.74, 6) is -1.21. The van der Waals surface area contributed by atoms with Gasteiger partial charge in [0.2, 0.25) is 0 Å². The molecule has 5 aromatic carbocycles. The van der Waals surface area contributed by atoms with Crippen molar-refractivity contribution in [2.75, 3.05) is 0 Å². The summed E-state index contributed by atoms with van der Waals surface area (Å²) in [5, 5.41) is 0. The van der Waals surface area contributed by atoms with E-state index >= 15 is 0 Å². The molecule has 0 heterocycles.